The van der Waals surface area contributed by atoms with Gasteiger partial charge in [0.2, 0.25) is 0 Å². The van der Waals surface area contributed by atoms with Gasteiger partial charge in [0, 0.05) is 18.6 Å². The summed E-state index contributed by atoms with van der Waals surface area (Å²) in [7, 11) is 0. The predicted octanol–water partition coefficient (Wildman–Crippen LogP) is 7.43. The first-order valence-corrected chi connectivity index (χ1v) is 14.8. The van der Waals surface area contributed by atoms with E-state index >= 15 is 0 Å². The lowest BCUT2D eigenvalue weighted by Gasteiger charge is -2.15. The number of hydrogen-bond acceptors (Lipinski definition) is 6. The number of carbonyl (C=O) groups is 2. The van der Waals surface area contributed by atoms with Crippen LogP contribution in [0.1, 0.15) is 50.7 Å². The lowest BCUT2D eigenvalue weighted by molar-refractivity contribution is -0.135. The van der Waals surface area contributed by atoms with E-state index in [0.717, 1.165) is 34.2 Å². The van der Waals surface area contributed by atoms with Crippen LogP contribution in [0.15, 0.2) is 73.2 Å². The van der Waals surface area contributed by atoms with Gasteiger partial charge in [-0.05, 0) is 59.2 Å². The van der Waals surface area contributed by atoms with Crippen molar-refractivity contribution in [3.63, 3.8) is 0 Å². The molecule has 3 rings (SSSR count). The van der Waals surface area contributed by atoms with E-state index in [-0.39, 0.29) is 29.4 Å². The monoisotopic (exact) mass is 642 g/mol. The maximum Gasteiger partial charge on any atom is 0.320 e. The van der Waals surface area contributed by atoms with Gasteiger partial charge < -0.3 is 19.3 Å². The number of carbonyl (C=O) groups excluding carboxylic acids is 2. The van der Waals surface area contributed by atoms with Crippen LogP contribution in [0.5, 0.6) is 11.5 Å². The van der Waals surface area contributed by atoms with E-state index in [2.05, 4.69) is 31.2 Å². The molecule has 7 heteroatoms. The van der Waals surface area contributed by atoms with E-state index < -0.39 is 0 Å². The van der Waals surface area contributed by atoms with Gasteiger partial charge in [-0.25, -0.2) is 0 Å². The molecule has 0 aromatic heterocycles. The van der Waals surface area contributed by atoms with Gasteiger partial charge in [-0.15, -0.1) is 0 Å². The Kier molecular flexibility index (Phi) is 12.5. The summed E-state index contributed by atoms with van der Waals surface area (Å²) in [5.41, 5.74) is 5.61. The molecule has 0 amide bonds. The maximum atomic E-state index is 12.3. The summed E-state index contributed by atoms with van der Waals surface area (Å²) in [6, 6.07) is 19.9. The van der Waals surface area contributed by atoms with Gasteiger partial charge in [-0.2, -0.15) is 0 Å². The molecule has 0 aliphatic carbocycles. The van der Waals surface area contributed by atoms with Crippen molar-refractivity contribution in [2.24, 2.45) is 0 Å². The van der Waals surface area contributed by atoms with Crippen LogP contribution in [-0.4, -0.2) is 28.1 Å². The zero-order valence-electron chi connectivity index (χ0n) is 22.5. The van der Waals surface area contributed by atoms with E-state index in [1.165, 1.54) is 37.4 Å². The van der Waals surface area contributed by atoms with Crippen molar-refractivity contribution in [3.05, 3.63) is 84.3 Å². The van der Waals surface area contributed by atoms with Crippen LogP contribution in [0, 0.1) is 0 Å². The second-order valence-electron chi connectivity index (χ2n) is 9.00. The predicted molar refractivity (Wildman–Crippen MR) is 162 cm³/mol. The van der Waals surface area contributed by atoms with Crippen molar-refractivity contribution in [2.45, 2.75) is 52.4 Å². The summed E-state index contributed by atoms with van der Waals surface area (Å²) in [6.07, 6.45) is 7.80. The Labute approximate surface area is 244 Å². The lowest BCUT2D eigenvalue weighted by Crippen LogP contribution is -2.06. The van der Waals surface area contributed by atoms with Crippen molar-refractivity contribution < 1.29 is 28.9 Å². The maximum absolute atomic E-state index is 12.3. The van der Waals surface area contributed by atoms with Crippen molar-refractivity contribution in [1.29, 1.82) is 0 Å². The molecule has 39 heavy (non-hydrogen) atoms. The normalized spacial score (nSPS) is 11.0. The molecule has 206 valence electrons. The van der Waals surface area contributed by atoms with E-state index in [1.54, 1.807) is 6.92 Å². The highest BCUT2D eigenvalue weighted by molar-refractivity contribution is 14.1. The van der Waals surface area contributed by atoms with Crippen LogP contribution in [0.25, 0.3) is 22.3 Å². The Morgan fingerprint density at radius 3 is 2.23 bits per heavy atom. The number of aryl methyl sites for hydroxylation is 1. The standard InChI is InChI=1S/C32H35IO6/c1-3-5-6-7-23-8-10-24(11-9-23)26-14-15-28(30(20-26)39-31(35)4-2)27-13-12-25(16-17-34)29(21-27)37-18-19-38-32(36)22-33/h8-15,18-21,34H,3-7,16-17,22H2,1-2H3/b19-18+. The van der Waals surface area contributed by atoms with Crippen LogP contribution < -0.4 is 9.47 Å². The molecule has 0 heterocycles. The average molecular weight is 643 g/mol. The Hall–Kier alpha value is -3.17. The third-order valence-electron chi connectivity index (χ3n) is 6.17. The van der Waals surface area contributed by atoms with Crippen LogP contribution in [0.3, 0.4) is 0 Å². The molecule has 0 saturated carbocycles. The largest absolute Gasteiger partial charge is 0.461 e. The van der Waals surface area contributed by atoms with Gasteiger partial charge in [0.15, 0.2) is 0 Å². The summed E-state index contributed by atoms with van der Waals surface area (Å²) < 4.78 is 16.7. The van der Waals surface area contributed by atoms with Gasteiger partial charge in [-0.1, -0.05) is 97.8 Å². The number of hydrogen-bond donors (Lipinski definition) is 1. The molecule has 0 aliphatic heterocycles. The highest BCUT2D eigenvalue weighted by Crippen LogP contribution is 2.37. The summed E-state index contributed by atoms with van der Waals surface area (Å²) in [5, 5.41) is 9.49. The van der Waals surface area contributed by atoms with E-state index in [9.17, 15) is 14.7 Å². The topological polar surface area (TPSA) is 82.1 Å². The molecule has 0 saturated heterocycles. The van der Waals surface area contributed by atoms with Crippen LogP contribution in [0.4, 0.5) is 0 Å². The Morgan fingerprint density at radius 2 is 1.54 bits per heavy atom. The molecule has 0 spiro atoms. The van der Waals surface area contributed by atoms with E-state index in [1.807, 2.05) is 59.0 Å². The molecule has 0 aliphatic rings. The van der Waals surface area contributed by atoms with Gasteiger partial charge in [0.25, 0.3) is 0 Å². The zero-order valence-corrected chi connectivity index (χ0v) is 24.6. The van der Waals surface area contributed by atoms with Crippen molar-refractivity contribution in [3.8, 4) is 33.8 Å². The minimum Gasteiger partial charge on any atom is -0.461 e. The highest BCUT2D eigenvalue weighted by atomic mass is 127. The molecule has 0 atom stereocenters. The molecular weight excluding hydrogens is 607 g/mol. The number of esters is 2. The number of rotatable bonds is 14. The SMILES string of the molecule is CCCCCc1ccc(-c2ccc(-c3ccc(CCO)c(O/C=C/OC(=O)CI)c3)c(OC(=O)CC)c2)cc1. The molecule has 0 fully saturated rings. The number of ether oxygens (including phenoxy) is 3. The third kappa shape index (κ3) is 9.21. The number of benzene rings is 3. The molecule has 0 bridgehead atoms. The van der Waals surface area contributed by atoms with Crippen LogP contribution in [-0.2, 0) is 27.2 Å². The lowest BCUT2D eigenvalue weighted by atomic mass is 9.96. The minimum absolute atomic E-state index is 0.0469. The molecule has 1 N–H and O–H groups in total. The van der Waals surface area contributed by atoms with Crippen molar-refractivity contribution in [1.82, 2.24) is 0 Å². The quantitative estimate of drug-likeness (QED) is 0.0492. The summed E-state index contributed by atoms with van der Waals surface area (Å²) in [6.45, 7) is 3.92. The summed E-state index contributed by atoms with van der Waals surface area (Å²) in [5.74, 6) is 0.249. The fourth-order valence-electron chi connectivity index (χ4n) is 4.06. The molecule has 3 aromatic rings. The first kappa shape index (κ1) is 30.4. The van der Waals surface area contributed by atoms with Crippen molar-refractivity contribution in [2.75, 3.05) is 11.0 Å². The molecular formula is C32H35IO6. The van der Waals surface area contributed by atoms with Gasteiger partial charge in [0.1, 0.15) is 24.0 Å². The smallest absolute Gasteiger partial charge is 0.320 e. The Bertz CT molecular complexity index is 1270. The highest BCUT2D eigenvalue weighted by Gasteiger charge is 2.15. The average Bonchev–Trinajstić information content (AvgIpc) is 2.96. The molecule has 6 nitrogen and oxygen atoms in total. The fourth-order valence-corrected chi connectivity index (χ4v) is 4.24. The van der Waals surface area contributed by atoms with Crippen molar-refractivity contribution >= 4 is 34.5 Å². The van der Waals surface area contributed by atoms with Gasteiger partial charge in [0.05, 0.1) is 4.43 Å². The van der Waals surface area contributed by atoms with Gasteiger partial charge >= 0.3 is 11.9 Å². The van der Waals surface area contributed by atoms with E-state index in [4.69, 9.17) is 14.2 Å². The van der Waals surface area contributed by atoms with Crippen LogP contribution >= 0.6 is 22.6 Å². The second-order valence-corrected chi connectivity index (χ2v) is 9.76. The number of alkyl halides is 1. The number of aliphatic hydroxyl groups is 1. The van der Waals surface area contributed by atoms with Gasteiger partial charge in [-0.3, -0.25) is 9.59 Å². The third-order valence-corrected chi connectivity index (χ3v) is 6.79. The van der Waals surface area contributed by atoms with E-state index in [0.29, 0.717) is 17.9 Å². The fraction of sp³-hybridized carbons (Fsp3) is 0.312. The Morgan fingerprint density at radius 1 is 0.821 bits per heavy atom. The number of halogens is 1. The Balaban J connectivity index is 1.93. The number of aliphatic hydroxyl groups excluding tert-OH is 1. The summed E-state index contributed by atoms with van der Waals surface area (Å²) in [4.78, 5) is 23.7. The first-order valence-electron chi connectivity index (χ1n) is 13.2. The summed E-state index contributed by atoms with van der Waals surface area (Å²) >= 11 is 1.92. The molecule has 0 unspecified atom stereocenters. The first-order chi connectivity index (χ1) is 19.0. The molecule has 0 radical (unpaired) electrons. The molecule has 3 aromatic carbocycles. The van der Waals surface area contributed by atoms with Crippen LogP contribution in [0.2, 0.25) is 0 Å². The second kappa shape index (κ2) is 16.1. The zero-order chi connectivity index (χ0) is 28.0. The number of unbranched alkanes of at least 4 members (excludes halogenated alkanes) is 2. The minimum atomic E-state index is -0.381.